The Balaban J connectivity index is 1.41. The van der Waals surface area contributed by atoms with Crippen molar-refractivity contribution < 1.29 is 22.7 Å². The molecule has 34 heavy (non-hydrogen) atoms. The molecule has 3 N–H and O–H groups in total. The molecule has 3 aromatic rings. The number of aromatic amines is 1. The van der Waals surface area contributed by atoms with Crippen LogP contribution in [-0.4, -0.2) is 35.0 Å². The summed E-state index contributed by atoms with van der Waals surface area (Å²) in [6.45, 7) is 3.10. The zero-order valence-electron chi connectivity index (χ0n) is 18.8. The van der Waals surface area contributed by atoms with Gasteiger partial charge < -0.3 is 20.4 Å². The number of aromatic nitrogens is 1. The smallest absolute Gasteiger partial charge is 0.249 e. The summed E-state index contributed by atoms with van der Waals surface area (Å²) in [5, 5.41) is 0.550. The highest BCUT2D eigenvalue weighted by atomic mass is 19.1. The van der Waals surface area contributed by atoms with Crippen molar-refractivity contribution in [3.8, 4) is 5.75 Å². The number of primary amides is 1. The van der Waals surface area contributed by atoms with Gasteiger partial charge in [0.1, 0.15) is 18.2 Å². The van der Waals surface area contributed by atoms with Gasteiger partial charge >= 0.3 is 0 Å². The van der Waals surface area contributed by atoms with E-state index in [0.29, 0.717) is 28.8 Å². The van der Waals surface area contributed by atoms with E-state index < -0.39 is 23.4 Å². The Kier molecular flexibility index (Phi) is 5.75. The molecule has 1 aliphatic carbocycles. The molecular formula is C26H26F3N3O2. The average Bonchev–Trinajstić information content (AvgIpc) is 3.53. The van der Waals surface area contributed by atoms with Crippen LogP contribution >= 0.6 is 0 Å². The van der Waals surface area contributed by atoms with E-state index in [1.807, 2.05) is 0 Å². The highest BCUT2D eigenvalue weighted by molar-refractivity contribution is 5.98. The maximum absolute atomic E-state index is 14.3. The number of fused-ring (bicyclic) bond motifs is 2. The van der Waals surface area contributed by atoms with Gasteiger partial charge in [-0.05, 0) is 68.4 Å². The molecule has 0 radical (unpaired) electrons. The zero-order valence-corrected chi connectivity index (χ0v) is 18.8. The van der Waals surface area contributed by atoms with Crippen molar-refractivity contribution in [3.63, 3.8) is 0 Å². The van der Waals surface area contributed by atoms with Crippen LogP contribution < -0.4 is 10.5 Å². The second-order valence-electron chi connectivity index (χ2n) is 9.23. The minimum absolute atomic E-state index is 0.0434. The van der Waals surface area contributed by atoms with E-state index in [2.05, 4.69) is 16.8 Å². The molecule has 1 amide bonds. The molecule has 2 aromatic carbocycles. The van der Waals surface area contributed by atoms with Gasteiger partial charge in [-0.3, -0.25) is 4.79 Å². The lowest BCUT2D eigenvalue weighted by molar-refractivity contribution is 0.0999. The number of rotatable bonds is 8. The number of carbonyl (C=O) groups is 1. The van der Waals surface area contributed by atoms with Gasteiger partial charge in [-0.15, -0.1) is 0 Å². The Hall–Kier alpha value is -3.42. The molecule has 1 atom stereocenters. The summed E-state index contributed by atoms with van der Waals surface area (Å²) in [5.41, 5.74) is 8.11. The number of hydrogen-bond donors (Lipinski definition) is 2. The molecule has 1 unspecified atom stereocenters. The highest BCUT2D eigenvalue weighted by Crippen LogP contribution is 2.37. The van der Waals surface area contributed by atoms with Gasteiger partial charge in [0.25, 0.3) is 0 Å². The van der Waals surface area contributed by atoms with Gasteiger partial charge in [-0.25, -0.2) is 13.2 Å². The molecule has 2 aliphatic rings. The summed E-state index contributed by atoms with van der Waals surface area (Å²) in [7, 11) is 0. The van der Waals surface area contributed by atoms with E-state index in [-0.39, 0.29) is 24.0 Å². The summed E-state index contributed by atoms with van der Waals surface area (Å²) in [4.78, 5) is 17.1. The van der Waals surface area contributed by atoms with Crippen LogP contribution in [-0.2, 0) is 6.42 Å². The number of nitrogens with zero attached hydrogens (tertiary/aromatic N) is 1. The molecule has 0 bridgehead atoms. The maximum Gasteiger partial charge on any atom is 0.249 e. The normalized spacial score (nSPS) is 16.1. The second kappa shape index (κ2) is 8.74. The van der Waals surface area contributed by atoms with Crippen molar-refractivity contribution in [2.24, 2.45) is 11.7 Å². The van der Waals surface area contributed by atoms with E-state index in [9.17, 15) is 18.0 Å². The SMILES string of the molecule is CC(CCc1c[nH]c2c(F)cc(F)cc12)N(CC1CC1)C1=Cc2c(C(N)=O)ccc(F)c2OC1. The third-order valence-electron chi connectivity index (χ3n) is 6.76. The minimum Gasteiger partial charge on any atom is -0.484 e. The van der Waals surface area contributed by atoms with Crippen LogP contribution in [0.1, 0.15) is 47.7 Å². The van der Waals surface area contributed by atoms with Crippen LogP contribution in [0.3, 0.4) is 0 Å². The van der Waals surface area contributed by atoms with Crippen molar-refractivity contribution in [2.75, 3.05) is 13.2 Å². The lowest BCUT2D eigenvalue weighted by Gasteiger charge is -2.35. The number of H-pyrrole nitrogens is 1. The number of nitrogens with one attached hydrogen (secondary N) is 1. The van der Waals surface area contributed by atoms with Crippen LogP contribution in [0.2, 0.25) is 0 Å². The van der Waals surface area contributed by atoms with Gasteiger partial charge in [-0.2, -0.15) is 0 Å². The van der Waals surface area contributed by atoms with Crippen LogP contribution in [0.5, 0.6) is 5.75 Å². The fourth-order valence-electron chi connectivity index (χ4n) is 4.69. The highest BCUT2D eigenvalue weighted by Gasteiger charge is 2.30. The first-order valence-electron chi connectivity index (χ1n) is 11.5. The topological polar surface area (TPSA) is 71.3 Å². The summed E-state index contributed by atoms with van der Waals surface area (Å²) < 4.78 is 47.9. The van der Waals surface area contributed by atoms with E-state index in [0.717, 1.165) is 43.1 Å². The standard InChI is InChI=1S/C26H26F3N3O2/c1-14(2-5-16-11-31-24-20(16)8-17(27)9-23(24)29)32(12-15-3-4-15)18-10-21-19(26(30)33)6-7-22(28)25(21)34-13-18/h6-11,14-15,31H,2-5,12-13H2,1H3,(H2,30,33). The van der Waals surface area contributed by atoms with Crippen LogP contribution in [0, 0.1) is 23.4 Å². The van der Waals surface area contributed by atoms with Gasteiger partial charge in [0.2, 0.25) is 5.91 Å². The van der Waals surface area contributed by atoms with E-state index in [1.165, 1.54) is 18.2 Å². The van der Waals surface area contributed by atoms with Crippen molar-refractivity contribution in [2.45, 2.75) is 38.6 Å². The molecule has 1 saturated carbocycles. The lowest BCUT2D eigenvalue weighted by atomic mass is 10.00. The van der Waals surface area contributed by atoms with E-state index in [1.54, 1.807) is 12.3 Å². The quantitative estimate of drug-likeness (QED) is 0.479. The number of amides is 1. The maximum atomic E-state index is 14.3. The molecule has 2 heterocycles. The van der Waals surface area contributed by atoms with Crippen LogP contribution in [0.25, 0.3) is 17.0 Å². The predicted molar refractivity (Wildman–Crippen MR) is 124 cm³/mol. The lowest BCUT2D eigenvalue weighted by Crippen LogP contribution is -2.37. The Bertz CT molecular complexity index is 1300. The molecule has 1 aliphatic heterocycles. The second-order valence-corrected chi connectivity index (χ2v) is 9.23. The fourth-order valence-corrected chi connectivity index (χ4v) is 4.69. The largest absolute Gasteiger partial charge is 0.484 e. The molecule has 5 rings (SSSR count). The fraction of sp³-hybridized carbons (Fsp3) is 0.346. The summed E-state index contributed by atoms with van der Waals surface area (Å²) in [6, 6.07) is 4.87. The Morgan fingerprint density at radius 3 is 2.76 bits per heavy atom. The van der Waals surface area contributed by atoms with Gasteiger partial charge in [0, 0.05) is 35.8 Å². The molecule has 0 spiro atoms. The number of hydrogen-bond acceptors (Lipinski definition) is 3. The number of ether oxygens (including phenoxy) is 1. The first kappa shape index (κ1) is 22.4. The number of benzene rings is 2. The first-order chi connectivity index (χ1) is 16.3. The van der Waals surface area contributed by atoms with Crippen molar-refractivity contribution in [1.82, 2.24) is 9.88 Å². The Morgan fingerprint density at radius 2 is 2.03 bits per heavy atom. The summed E-state index contributed by atoms with van der Waals surface area (Å²) in [5.74, 6) is -1.76. The molecular weight excluding hydrogens is 443 g/mol. The third-order valence-corrected chi connectivity index (χ3v) is 6.76. The number of aryl methyl sites for hydroxylation is 1. The third kappa shape index (κ3) is 4.24. The van der Waals surface area contributed by atoms with Crippen molar-refractivity contribution in [1.29, 1.82) is 0 Å². The monoisotopic (exact) mass is 469 g/mol. The molecule has 1 fully saturated rings. The van der Waals surface area contributed by atoms with Crippen molar-refractivity contribution >= 4 is 22.9 Å². The molecule has 5 nitrogen and oxygen atoms in total. The predicted octanol–water partition coefficient (Wildman–Crippen LogP) is 5.15. The van der Waals surface area contributed by atoms with E-state index >= 15 is 0 Å². The summed E-state index contributed by atoms with van der Waals surface area (Å²) >= 11 is 0. The zero-order chi connectivity index (χ0) is 24.0. The Morgan fingerprint density at radius 1 is 1.24 bits per heavy atom. The van der Waals surface area contributed by atoms with Gasteiger partial charge in [0.15, 0.2) is 11.6 Å². The summed E-state index contributed by atoms with van der Waals surface area (Å²) in [6.07, 6.45) is 7.18. The molecule has 178 valence electrons. The number of nitrogens with two attached hydrogens (primary N) is 1. The van der Waals surface area contributed by atoms with Gasteiger partial charge in [0.05, 0.1) is 16.8 Å². The molecule has 0 saturated heterocycles. The number of carbonyl (C=O) groups excluding carboxylic acids is 1. The first-order valence-corrected chi connectivity index (χ1v) is 11.5. The van der Waals surface area contributed by atoms with Crippen LogP contribution in [0.4, 0.5) is 13.2 Å². The molecule has 8 heteroatoms. The minimum atomic E-state index is -0.641. The molecule has 1 aromatic heterocycles. The van der Waals surface area contributed by atoms with E-state index in [4.69, 9.17) is 10.5 Å². The van der Waals surface area contributed by atoms with Gasteiger partial charge in [-0.1, -0.05) is 0 Å². The van der Waals surface area contributed by atoms with Crippen LogP contribution in [0.15, 0.2) is 36.2 Å². The number of halogens is 3. The average molecular weight is 470 g/mol. The Labute approximate surface area is 195 Å². The van der Waals surface area contributed by atoms with Crippen molar-refractivity contribution in [3.05, 3.63) is 70.3 Å².